The van der Waals surface area contributed by atoms with E-state index in [0.717, 1.165) is 83.5 Å². The van der Waals surface area contributed by atoms with Gasteiger partial charge in [0, 0.05) is 77.0 Å². The van der Waals surface area contributed by atoms with E-state index in [-0.39, 0.29) is 34.9 Å². The number of rotatable bonds is 18. The van der Waals surface area contributed by atoms with E-state index < -0.39 is 0 Å². The molecule has 6 aromatic heterocycles. The van der Waals surface area contributed by atoms with Gasteiger partial charge in [0.15, 0.2) is 30.8 Å². The van der Waals surface area contributed by atoms with Crippen LogP contribution in [0.3, 0.4) is 0 Å². The van der Waals surface area contributed by atoms with E-state index in [2.05, 4.69) is 144 Å². The second kappa shape index (κ2) is 41.8. The predicted octanol–water partition coefficient (Wildman–Crippen LogP) is 30.0. The van der Waals surface area contributed by atoms with Crippen molar-refractivity contribution in [1.29, 1.82) is 0 Å². The zero-order chi connectivity index (χ0) is 83.7. The highest BCUT2D eigenvalue weighted by atomic mass is 32.1. The van der Waals surface area contributed by atoms with Crippen molar-refractivity contribution in [3.63, 3.8) is 0 Å². The normalized spacial score (nSPS) is 10.5. The van der Waals surface area contributed by atoms with Crippen LogP contribution in [0, 0.1) is 76.4 Å². The smallest absolute Gasteiger partial charge is 0.187 e. The van der Waals surface area contributed by atoms with Gasteiger partial charge in [0.1, 0.15) is 34.9 Å². The van der Waals surface area contributed by atoms with Gasteiger partial charge in [-0.25, -0.2) is 56.2 Å². The van der Waals surface area contributed by atoms with Crippen LogP contribution in [0.4, 0.5) is 91.3 Å². The number of aryl methyl sites for hydroxylation is 6. The van der Waals surface area contributed by atoms with Gasteiger partial charge in [-0.05, 0) is 162 Å². The molecule has 0 fully saturated rings. The van der Waals surface area contributed by atoms with Crippen molar-refractivity contribution in [2.24, 2.45) is 0 Å². The Labute approximate surface area is 716 Å². The van der Waals surface area contributed by atoms with Crippen LogP contribution in [0.5, 0.6) is 0 Å². The first-order valence-corrected chi connectivity index (χ1v) is 42.9. The summed E-state index contributed by atoms with van der Waals surface area (Å²) in [6, 6.07) is 88.0. The average molecular weight is 1710 g/mol. The summed E-state index contributed by atoms with van der Waals surface area (Å²) in [5, 5.41) is 34.5. The van der Waals surface area contributed by atoms with E-state index in [4.69, 9.17) is 0 Å². The first-order chi connectivity index (χ1) is 58.3. The quantitative estimate of drug-likeness (QED) is 0.0454. The fourth-order valence-electron chi connectivity index (χ4n) is 11.6. The number of hydrogen-bond acceptors (Lipinski definition) is 18. The maximum atomic E-state index is 13.6. The molecule has 6 N–H and O–H groups in total. The molecule has 0 aliphatic heterocycles. The Balaban J connectivity index is 0.000000124. The van der Waals surface area contributed by atoms with Gasteiger partial charge in [-0.15, -0.1) is 68.0 Å². The van der Waals surface area contributed by atoms with Gasteiger partial charge in [-0.1, -0.05) is 204 Å². The number of hydrogen-bond donors (Lipinski definition) is 6. The zero-order valence-electron chi connectivity index (χ0n) is 65.6. The third-order valence-corrected chi connectivity index (χ3v) is 22.2. The molecule has 18 aromatic rings. The summed E-state index contributed by atoms with van der Waals surface area (Å²) < 4.78 is 80.3. The first-order valence-electron chi connectivity index (χ1n) is 37.6. The maximum Gasteiger partial charge on any atom is 0.187 e. The van der Waals surface area contributed by atoms with Crippen LogP contribution in [-0.2, 0) is 0 Å². The van der Waals surface area contributed by atoms with Crippen molar-refractivity contribution in [3.05, 3.63) is 392 Å². The van der Waals surface area contributed by atoms with Crippen LogP contribution >= 0.6 is 68.0 Å². The van der Waals surface area contributed by atoms with Crippen LogP contribution < -0.4 is 31.9 Å². The summed E-state index contributed by atoms with van der Waals surface area (Å²) in [7, 11) is 0. The Kier molecular flexibility index (Phi) is 29.5. The van der Waals surface area contributed by atoms with Gasteiger partial charge in [0.25, 0.3) is 0 Å². The standard InChI is InChI=1S/6C16H13FN2S/c1-11-4-2-5-12(8-11)15-10-20-16(19-15)18-14-7-3-6-13(17)9-14;2*1-11-5-4-6-12(9-11)15-10-20-16(19-15)18-14-8-3-2-7-13(14)17;1-11-6-2-3-7-12(11)15-10-20-16(19-15)18-14-9-5-4-8-13(14)17;1-11-3-2-4-12(9-11)15-10-20-16(19-15)18-14-7-5-13(17)6-8-14;1-11-6-8-12(9-7-11)15-10-20-16(19-15)18-14-5-3-2-4-13(14)17/h6*2-10H,1H3,(H,18,19). The summed E-state index contributed by atoms with van der Waals surface area (Å²) in [5.74, 6) is -1.61. The van der Waals surface area contributed by atoms with E-state index in [9.17, 15) is 26.3 Å². The Morgan fingerprint density at radius 2 is 0.517 bits per heavy atom. The predicted molar refractivity (Wildman–Crippen MR) is 492 cm³/mol. The molecule has 0 radical (unpaired) electrons. The minimum atomic E-state index is -0.278. The fraction of sp³-hybridized carbons (Fsp3) is 0.0625. The van der Waals surface area contributed by atoms with Crippen LogP contribution in [0.1, 0.15) is 33.4 Å². The molecule has 12 aromatic carbocycles. The van der Waals surface area contributed by atoms with Gasteiger partial charge < -0.3 is 31.9 Å². The topological polar surface area (TPSA) is 150 Å². The molecule has 0 saturated heterocycles. The molecule has 24 heteroatoms. The number of benzene rings is 12. The van der Waals surface area contributed by atoms with Crippen LogP contribution in [-0.4, -0.2) is 29.9 Å². The largest absolute Gasteiger partial charge is 0.332 e. The Morgan fingerprint density at radius 1 is 0.217 bits per heavy atom. The summed E-state index contributed by atoms with van der Waals surface area (Å²) >= 11 is 8.90. The van der Waals surface area contributed by atoms with Gasteiger partial charge in [-0.2, -0.15) is 0 Å². The van der Waals surface area contributed by atoms with Crippen LogP contribution in [0.25, 0.3) is 67.5 Å². The number of para-hydroxylation sites is 4. The summed E-state index contributed by atoms with van der Waals surface area (Å²) in [4.78, 5) is 27.1. The zero-order valence-corrected chi connectivity index (χ0v) is 70.5. The Morgan fingerprint density at radius 3 is 0.858 bits per heavy atom. The van der Waals surface area contributed by atoms with E-state index in [0.29, 0.717) is 49.0 Å². The van der Waals surface area contributed by atoms with Crippen molar-refractivity contribution in [1.82, 2.24) is 29.9 Å². The molecule has 18 rings (SSSR count). The molecular formula is C96H78F6N12S6. The van der Waals surface area contributed by atoms with Crippen molar-refractivity contribution in [2.45, 2.75) is 41.5 Å². The second-order valence-electron chi connectivity index (χ2n) is 27.1. The van der Waals surface area contributed by atoms with Crippen LogP contribution in [0.2, 0.25) is 0 Å². The highest BCUT2D eigenvalue weighted by Crippen LogP contribution is 2.36. The molecule has 0 unspecified atom stereocenters. The van der Waals surface area contributed by atoms with Gasteiger partial charge in [0.05, 0.1) is 56.9 Å². The molecule has 0 aliphatic carbocycles. The molecule has 120 heavy (non-hydrogen) atoms. The third kappa shape index (κ3) is 24.7. The lowest BCUT2D eigenvalue weighted by Crippen LogP contribution is -1.92. The van der Waals surface area contributed by atoms with E-state index in [1.165, 1.54) is 150 Å². The van der Waals surface area contributed by atoms with Gasteiger partial charge >= 0.3 is 0 Å². The maximum absolute atomic E-state index is 13.6. The van der Waals surface area contributed by atoms with Crippen molar-refractivity contribution in [3.8, 4) is 67.5 Å². The van der Waals surface area contributed by atoms with E-state index in [1.54, 1.807) is 91.0 Å². The van der Waals surface area contributed by atoms with E-state index >= 15 is 0 Å². The molecule has 0 aliphatic rings. The SMILES string of the molecule is Cc1ccc(-c2csc(Nc3ccccc3F)n2)cc1.Cc1cccc(-c2csc(Nc3ccc(F)cc3)n2)c1.Cc1cccc(-c2csc(Nc3cccc(F)c3)n2)c1.Cc1cccc(-c2csc(Nc3ccccc3F)n2)c1.Cc1cccc(-c2csc(Nc3ccccc3F)n2)c1.Cc1ccccc1-c1csc(Nc2ccccc2F)n1. The lowest BCUT2D eigenvalue weighted by Gasteiger charge is -2.03. The molecule has 0 saturated carbocycles. The Hall–Kier alpha value is -13.2. The number of thiazole rings is 6. The molecule has 0 bridgehead atoms. The lowest BCUT2D eigenvalue weighted by molar-refractivity contribution is 0.628. The molecule has 600 valence electrons. The highest BCUT2D eigenvalue weighted by molar-refractivity contribution is 7.15. The average Bonchev–Trinajstić information content (AvgIpc) is 1.73. The van der Waals surface area contributed by atoms with Crippen molar-refractivity contribution >= 4 is 133 Å². The Bertz CT molecular complexity index is 6230. The lowest BCUT2D eigenvalue weighted by atomic mass is 10.1. The molecular weight excluding hydrogens is 1630 g/mol. The number of aromatic nitrogens is 6. The minimum absolute atomic E-state index is 0.241. The first kappa shape index (κ1) is 84.7. The summed E-state index contributed by atoms with van der Waals surface area (Å²) in [5.41, 5.74) is 22.5. The van der Waals surface area contributed by atoms with Crippen molar-refractivity contribution in [2.75, 3.05) is 31.9 Å². The number of nitrogens with one attached hydrogen (secondary N) is 6. The molecule has 0 amide bonds. The number of halogens is 6. The number of nitrogens with zero attached hydrogens (tertiary/aromatic N) is 6. The van der Waals surface area contributed by atoms with Gasteiger partial charge in [-0.3, -0.25) is 0 Å². The summed E-state index contributed by atoms with van der Waals surface area (Å²) in [6.45, 7) is 12.3. The third-order valence-electron chi connectivity index (χ3n) is 17.7. The number of anilines is 12. The molecule has 0 spiro atoms. The molecule has 6 heterocycles. The van der Waals surface area contributed by atoms with E-state index in [1.807, 2.05) is 143 Å². The van der Waals surface area contributed by atoms with Gasteiger partial charge in [0.2, 0.25) is 0 Å². The van der Waals surface area contributed by atoms with Crippen molar-refractivity contribution < 1.29 is 26.3 Å². The monoisotopic (exact) mass is 1700 g/mol. The minimum Gasteiger partial charge on any atom is -0.332 e. The second-order valence-corrected chi connectivity index (χ2v) is 32.2. The highest BCUT2D eigenvalue weighted by Gasteiger charge is 2.15. The molecule has 12 nitrogen and oxygen atoms in total. The summed E-state index contributed by atoms with van der Waals surface area (Å²) in [6.07, 6.45) is 0. The fourth-order valence-corrected chi connectivity index (χ4v) is 16.0. The molecule has 0 atom stereocenters. The van der Waals surface area contributed by atoms with Crippen LogP contribution in [0.15, 0.2) is 323 Å².